The van der Waals surface area contributed by atoms with Gasteiger partial charge in [-0.3, -0.25) is 9.69 Å². The van der Waals surface area contributed by atoms with Crippen molar-refractivity contribution in [3.63, 3.8) is 0 Å². The van der Waals surface area contributed by atoms with E-state index in [-0.39, 0.29) is 11.5 Å². The molecule has 1 heterocycles. The zero-order valence-corrected chi connectivity index (χ0v) is 19.1. The number of carbonyl (C=O) groups excluding carboxylic acids is 1. The number of ether oxygens (including phenoxy) is 1. The molecular weight excluding hydrogens is 467 g/mol. The maximum absolute atomic E-state index is 13.5. The predicted molar refractivity (Wildman–Crippen MR) is 126 cm³/mol. The van der Waals surface area contributed by atoms with Crippen LogP contribution in [0.1, 0.15) is 31.1 Å². The van der Waals surface area contributed by atoms with Gasteiger partial charge in [-0.2, -0.15) is 13.2 Å². The van der Waals surface area contributed by atoms with Gasteiger partial charge in [0, 0.05) is 23.2 Å². The van der Waals surface area contributed by atoms with Gasteiger partial charge >= 0.3 is 6.18 Å². The van der Waals surface area contributed by atoms with Gasteiger partial charge in [0.25, 0.3) is 0 Å². The largest absolute Gasteiger partial charge is 0.493 e. The third kappa shape index (κ3) is 4.59. The van der Waals surface area contributed by atoms with E-state index in [9.17, 15) is 18.0 Å². The van der Waals surface area contributed by atoms with Gasteiger partial charge in [-0.15, -0.1) is 5.10 Å². The van der Waals surface area contributed by atoms with Crippen molar-refractivity contribution in [2.24, 2.45) is 5.10 Å². The second-order valence-corrected chi connectivity index (χ2v) is 8.00. The molecule has 4 rings (SSSR count). The SMILES string of the molecule is CCOc1ccccc1[C@@H]1N(c2ccc(Cl)cc2)N=C(C(C)=O)N1c1cccc(C(F)(F)F)c1. The van der Waals surface area contributed by atoms with Crippen molar-refractivity contribution >= 4 is 34.6 Å². The summed E-state index contributed by atoms with van der Waals surface area (Å²) in [5.41, 5.74) is 0.594. The van der Waals surface area contributed by atoms with E-state index in [1.165, 1.54) is 24.0 Å². The summed E-state index contributed by atoms with van der Waals surface area (Å²) in [4.78, 5) is 14.2. The van der Waals surface area contributed by atoms with Crippen LogP contribution in [0, 0.1) is 0 Å². The van der Waals surface area contributed by atoms with E-state index in [1.54, 1.807) is 53.5 Å². The van der Waals surface area contributed by atoms with E-state index < -0.39 is 23.7 Å². The van der Waals surface area contributed by atoms with Crippen molar-refractivity contribution in [1.82, 2.24) is 0 Å². The lowest BCUT2D eigenvalue weighted by atomic mass is 10.1. The van der Waals surface area contributed by atoms with Crippen molar-refractivity contribution < 1.29 is 22.7 Å². The van der Waals surface area contributed by atoms with Gasteiger partial charge in [0.15, 0.2) is 17.8 Å². The molecule has 3 aromatic rings. The molecule has 0 amide bonds. The van der Waals surface area contributed by atoms with Crippen molar-refractivity contribution in [3.8, 4) is 5.75 Å². The number of benzene rings is 3. The van der Waals surface area contributed by atoms with E-state index in [2.05, 4.69) is 5.10 Å². The molecule has 1 atom stereocenters. The normalized spacial score (nSPS) is 15.9. The molecule has 0 spiro atoms. The molecule has 1 aliphatic rings. The minimum absolute atomic E-state index is 0.00516. The highest BCUT2D eigenvalue weighted by Crippen LogP contribution is 2.43. The Morgan fingerprint density at radius 2 is 1.74 bits per heavy atom. The van der Waals surface area contributed by atoms with Crippen molar-refractivity contribution in [1.29, 1.82) is 0 Å². The lowest BCUT2D eigenvalue weighted by Crippen LogP contribution is -2.38. The molecule has 34 heavy (non-hydrogen) atoms. The number of amidine groups is 1. The molecular formula is C25H21ClF3N3O2. The Morgan fingerprint density at radius 1 is 1.03 bits per heavy atom. The zero-order valence-electron chi connectivity index (χ0n) is 18.4. The van der Waals surface area contributed by atoms with Gasteiger partial charge in [-0.25, -0.2) is 5.01 Å². The number of Topliss-reactive ketones (excluding diaryl/α,β-unsaturated/α-hetero) is 1. The van der Waals surface area contributed by atoms with Gasteiger partial charge in [0.05, 0.1) is 17.9 Å². The Bertz CT molecular complexity index is 1230. The first-order valence-electron chi connectivity index (χ1n) is 10.5. The molecule has 0 fully saturated rings. The minimum atomic E-state index is -4.54. The summed E-state index contributed by atoms with van der Waals surface area (Å²) in [6.07, 6.45) is -5.33. The average molecular weight is 488 g/mol. The van der Waals surface area contributed by atoms with Crippen LogP contribution in [0.2, 0.25) is 5.02 Å². The summed E-state index contributed by atoms with van der Waals surface area (Å²) in [5, 5.41) is 6.64. The first-order valence-corrected chi connectivity index (χ1v) is 10.9. The zero-order chi connectivity index (χ0) is 24.5. The standard InChI is InChI=1S/C25H21ClF3N3O2/c1-3-34-22-10-5-4-9-21(22)24-31(20-8-6-7-17(15-20)25(27,28)29)23(16(2)33)30-32(24)19-13-11-18(26)12-14-19/h4-15,24H,3H2,1-2H3/t24-/m0/s1. The average Bonchev–Trinajstić information content (AvgIpc) is 3.20. The van der Waals surface area contributed by atoms with Crippen molar-refractivity contribution in [3.05, 3.63) is 88.9 Å². The third-order valence-electron chi connectivity index (χ3n) is 5.26. The molecule has 0 radical (unpaired) electrons. The lowest BCUT2D eigenvalue weighted by Gasteiger charge is -2.33. The first-order chi connectivity index (χ1) is 16.2. The Labute approximate surface area is 200 Å². The number of hydrogen-bond donors (Lipinski definition) is 0. The van der Waals surface area contributed by atoms with Crippen molar-refractivity contribution in [2.45, 2.75) is 26.2 Å². The van der Waals surface area contributed by atoms with Gasteiger partial charge in [0.1, 0.15) is 5.75 Å². The smallest absolute Gasteiger partial charge is 0.416 e. The Hall–Kier alpha value is -3.52. The van der Waals surface area contributed by atoms with Crippen LogP contribution in [0.25, 0.3) is 0 Å². The number of hydrogen-bond acceptors (Lipinski definition) is 5. The van der Waals surface area contributed by atoms with Crippen LogP contribution in [0.5, 0.6) is 5.75 Å². The molecule has 0 aromatic heterocycles. The van der Waals surface area contributed by atoms with Crippen LogP contribution in [-0.4, -0.2) is 18.2 Å². The summed E-state index contributed by atoms with van der Waals surface area (Å²) in [6, 6.07) is 18.8. The topological polar surface area (TPSA) is 45.1 Å². The number of para-hydroxylation sites is 1. The molecule has 1 aliphatic heterocycles. The number of nitrogens with zero attached hydrogens (tertiary/aromatic N) is 3. The number of alkyl halides is 3. The van der Waals surface area contributed by atoms with E-state index >= 15 is 0 Å². The molecule has 5 nitrogen and oxygen atoms in total. The molecule has 0 saturated carbocycles. The highest BCUT2D eigenvalue weighted by atomic mass is 35.5. The predicted octanol–water partition coefficient (Wildman–Crippen LogP) is 6.69. The monoisotopic (exact) mass is 487 g/mol. The second kappa shape index (κ2) is 9.38. The second-order valence-electron chi connectivity index (χ2n) is 7.56. The maximum Gasteiger partial charge on any atom is 0.416 e. The highest BCUT2D eigenvalue weighted by molar-refractivity contribution is 6.44. The number of carbonyl (C=O) groups is 1. The summed E-state index contributed by atoms with van der Waals surface area (Å²) >= 11 is 6.06. The summed E-state index contributed by atoms with van der Waals surface area (Å²) in [6.45, 7) is 3.55. The summed E-state index contributed by atoms with van der Waals surface area (Å²) in [5.74, 6) is 0.143. The summed E-state index contributed by atoms with van der Waals surface area (Å²) < 4.78 is 46.4. The van der Waals surface area contributed by atoms with Crippen LogP contribution in [-0.2, 0) is 11.0 Å². The molecule has 0 saturated heterocycles. The van der Waals surface area contributed by atoms with Crippen LogP contribution >= 0.6 is 11.6 Å². The fraction of sp³-hybridized carbons (Fsp3) is 0.200. The maximum atomic E-state index is 13.5. The minimum Gasteiger partial charge on any atom is -0.493 e. The Balaban J connectivity index is 1.94. The van der Waals surface area contributed by atoms with Crippen LogP contribution in [0.4, 0.5) is 24.5 Å². The van der Waals surface area contributed by atoms with Crippen molar-refractivity contribution in [2.75, 3.05) is 16.5 Å². The Kier molecular flexibility index (Phi) is 6.52. The lowest BCUT2D eigenvalue weighted by molar-refractivity contribution is -0.137. The molecule has 0 aliphatic carbocycles. The van der Waals surface area contributed by atoms with Gasteiger partial charge in [0.2, 0.25) is 0 Å². The van der Waals surface area contributed by atoms with E-state index in [0.29, 0.717) is 28.6 Å². The number of rotatable bonds is 6. The van der Waals surface area contributed by atoms with Gasteiger partial charge in [-0.05, 0) is 55.5 Å². The third-order valence-corrected chi connectivity index (χ3v) is 5.51. The molecule has 0 bridgehead atoms. The Morgan fingerprint density at radius 3 is 2.38 bits per heavy atom. The van der Waals surface area contributed by atoms with E-state index in [4.69, 9.17) is 16.3 Å². The number of ketones is 1. The van der Waals surface area contributed by atoms with E-state index in [0.717, 1.165) is 12.1 Å². The fourth-order valence-corrected chi connectivity index (χ4v) is 3.94. The highest BCUT2D eigenvalue weighted by Gasteiger charge is 2.41. The van der Waals surface area contributed by atoms with Crippen LogP contribution in [0.3, 0.4) is 0 Å². The summed E-state index contributed by atoms with van der Waals surface area (Å²) in [7, 11) is 0. The molecule has 0 unspecified atom stereocenters. The number of anilines is 2. The molecule has 9 heteroatoms. The van der Waals surface area contributed by atoms with Gasteiger partial charge < -0.3 is 4.74 Å². The van der Waals surface area contributed by atoms with Crippen LogP contribution < -0.4 is 14.6 Å². The van der Waals surface area contributed by atoms with Crippen LogP contribution in [0.15, 0.2) is 77.9 Å². The number of hydrazone groups is 1. The van der Waals surface area contributed by atoms with E-state index in [1.807, 2.05) is 6.92 Å². The quantitative estimate of drug-likeness (QED) is 0.389. The van der Waals surface area contributed by atoms with Gasteiger partial charge in [-0.1, -0.05) is 35.9 Å². The molecule has 0 N–H and O–H groups in total. The molecule has 176 valence electrons. The molecule has 3 aromatic carbocycles. The first kappa shape index (κ1) is 23.6. The number of halogens is 4. The fourth-order valence-electron chi connectivity index (χ4n) is 3.81.